The number of carbonyl (C=O) groups is 1. The van der Waals surface area contributed by atoms with Crippen LogP contribution >= 0.6 is 0 Å². The van der Waals surface area contributed by atoms with Crippen molar-refractivity contribution in [2.24, 2.45) is 0 Å². The Labute approximate surface area is 137 Å². The second kappa shape index (κ2) is 6.41. The third-order valence-electron chi connectivity index (χ3n) is 3.38. The zero-order chi connectivity index (χ0) is 17.1. The van der Waals surface area contributed by atoms with Crippen LogP contribution in [0.3, 0.4) is 0 Å². The lowest BCUT2D eigenvalue weighted by molar-refractivity contribution is -0.422. The van der Waals surface area contributed by atoms with Crippen molar-refractivity contribution in [1.29, 1.82) is 0 Å². The highest BCUT2D eigenvalue weighted by Gasteiger charge is 2.18. The first-order valence-electron chi connectivity index (χ1n) is 7.08. The summed E-state index contributed by atoms with van der Waals surface area (Å²) in [5, 5.41) is 10.8. The van der Waals surface area contributed by atoms with Crippen LogP contribution in [0.15, 0.2) is 48.2 Å². The number of benzene rings is 2. The second-order valence-corrected chi connectivity index (χ2v) is 5.04. The van der Waals surface area contributed by atoms with Crippen LogP contribution in [0.1, 0.15) is 22.8 Å². The van der Waals surface area contributed by atoms with Crippen molar-refractivity contribution >= 4 is 12.0 Å². The predicted octanol–water partition coefficient (Wildman–Crippen LogP) is 3.27. The van der Waals surface area contributed by atoms with Crippen molar-refractivity contribution < 1.29 is 23.9 Å². The minimum atomic E-state index is -0.590. The lowest BCUT2D eigenvalue weighted by Crippen LogP contribution is -2.09. The van der Waals surface area contributed by atoms with Gasteiger partial charge in [0.05, 0.1) is 10.5 Å². The number of fused-ring (bicyclic) bond motifs is 1. The van der Waals surface area contributed by atoms with Gasteiger partial charge in [0.1, 0.15) is 5.75 Å². The Morgan fingerprint density at radius 1 is 1.21 bits per heavy atom. The first-order valence-corrected chi connectivity index (χ1v) is 7.08. The molecule has 1 aliphatic rings. The third-order valence-corrected chi connectivity index (χ3v) is 3.38. The zero-order valence-corrected chi connectivity index (χ0v) is 12.7. The minimum absolute atomic E-state index is 0.0541. The molecule has 0 radical (unpaired) electrons. The molecular weight excluding hydrogens is 314 g/mol. The number of rotatable bonds is 4. The van der Waals surface area contributed by atoms with Crippen molar-refractivity contribution in [2.45, 2.75) is 6.92 Å². The Bertz CT molecular complexity index is 843. The van der Waals surface area contributed by atoms with Gasteiger partial charge in [-0.25, -0.2) is 4.79 Å². The fraction of sp³-hybridized carbons (Fsp3) is 0.118. The van der Waals surface area contributed by atoms with Gasteiger partial charge in [0.25, 0.3) is 0 Å². The highest BCUT2D eigenvalue weighted by molar-refractivity contribution is 5.92. The van der Waals surface area contributed by atoms with E-state index in [2.05, 4.69) is 0 Å². The highest BCUT2D eigenvalue weighted by atomic mass is 16.7. The molecule has 0 atom stereocenters. The average molecular weight is 327 g/mol. The molecule has 0 saturated heterocycles. The molecule has 0 aromatic heterocycles. The topological polar surface area (TPSA) is 87.9 Å². The maximum absolute atomic E-state index is 12.3. The van der Waals surface area contributed by atoms with E-state index in [0.29, 0.717) is 22.6 Å². The van der Waals surface area contributed by atoms with Gasteiger partial charge in [0, 0.05) is 18.6 Å². The van der Waals surface area contributed by atoms with Crippen molar-refractivity contribution in [3.8, 4) is 17.2 Å². The number of ether oxygens (including phenoxy) is 3. The lowest BCUT2D eigenvalue weighted by atomic mass is 10.1. The molecule has 0 bridgehead atoms. The minimum Gasteiger partial charge on any atom is -0.454 e. The number of esters is 1. The number of allylic oxidation sites excluding steroid dienone is 1. The van der Waals surface area contributed by atoms with Gasteiger partial charge in [-0.15, -0.1) is 0 Å². The summed E-state index contributed by atoms with van der Waals surface area (Å²) in [5.41, 5.74) is 0.686. The van der Waals surface area contributed by atoms with Gasteiger partial charge in [-0.1, -0.05) is 18.2 Å². The quantitative estimate of drug-likeness (QED) is 0.371. The van der Waals surface area contributed by atoms with E-state index in [4.69, 9.17) is 14.2 Å². The number of nitro groups is 1. The summed E-state index contributed by atoms with van der Waals surface area (Å²) < 4.78 is 15.8. The molecule has 0 amide bonds. The summed E-state index contributed by atoms with van der Waals surface area (Å²) in [6.07, 6.45) is 1.35. The first-order chi connectivity index (χ1) is 11.5. The molecule has 0 spiro atoms. The molecule has 0 N–H and O–H groups in total. The van der Waals surface area contributed by atoms with Crippen LogP contribution in [-0.2, 0) is 0 Å². The molecule has 0 fully saturated rings. The van der Waals surface area contributed by atoms with Gasteiger partial charge < -0.3 is 14.2 Å². The van der Waals surface area contributed by atoms with Crippen molar-refractivity contribution in [1.82, 2.24) is 0 Å². The normalized spacial score (nSPS) is 12.8. The van der Waals surface area contributed by atoms with Crippen LogP contribution in [0.4, 0.5) is 0 Å². The first kappa shape index (κ1) is 15.5. The molecule has 0 unspecified atom stereocenters. The van der Waals surface area contributed by atoms with Gasteiger partial charge in [-0.2, -0.15) is 0 Å². The predicted molar refractivity (Wildman–Crippen MR) is 84.6 cm³/mol. The van der Waals surface area contributed by atoms with Crippen molar-refractivity contribution in [3.05, 3.63) is 69.4 Å². The van der Waals surface area contributed by atoms with E-state index in [0.717, 1.165) is 0 Å². The van der Waals surface area contributed by atoms with Crippen LogP contribution in [-0.4, -0.2) is 17.7 Å². The molecule has 122 valence electrons. The molecule has 7 nitrogen and oxygen atoms in total. The Kier molecular flexibility index (Phi) is 4.15. The molecule has 7 heteroatoms. The zero-order valence-electron chi connectivity index (χ0n) is 12.7. The maximum Gasteiger partial charge on any atom is 0.343 e. The number of nitrogens with zero attached hydrogens (tertiary/aromatic N) is 1. The van der Waals surface area contributed by atoms with E-state index in [9.17, 15) is 14.9 Å². The summed E-state index contributed by atoms with van der Waals surface area (Å²) >= 11 is 0. The Morgan fingerprint density at radius 3 is 2.75 bits per heavy atom. The molecule has 2 aromatic carbocycles. The number of para-hydroxylation sites is 1. The van der Waals surface area contributed by atoms with Crippen LogP contribution in [0.5, 0.6) is 17.2 Å². The number of hydrogen-bond acceptors (Lipinski definition) is 6. The average Bonchev–Trinajstić information content (AvgIpc) is 3.04. The summed E-state index contributed by atoms with van der Waals surface area (Å²) in [6, 6.07) is 11.3. The molecule has 1 heterocycles. The molecule has 0 saturated carbocycles. The molecule has 2 aromatic rings. The summed E-state index contributed by atoms with van der Waals surface area (Å²) in [4.78, 5) is 22.6. The molecule has 3 rings (SSSR count). The molecule has 1 aliphatic heterocycles. The van der Waals surface area contributed by atoms with Crippen LogP contribution in [0, 0.1) is 10.1 Å². The summed E-state index contributed by atoms with van der Waals surface area (Å²) in [6.45, 7) is 1.48. The third kappa shape index (κ3) is 3.19. The second-order valence-electron chi connectivity index (χ2n) is 5.04. The monoisotopic (exact) mass is 327 g/mol. The molecule has 24 heavy (non-hydrogen) atoms. The SMILES string of the molecule is CC(=Cc1ccccc1OC(=O)c1ccc2c(c1)OCO2)[N+](=O)[O-]. The van der Waals surface area contributed by atoms with Gasteiger partial charge in [0.2, 0.25) is 12.5 Å². The highest BCUT2D eigenvalue weighted by Crippen LogP contribution is 2.33. The largest absolute Gasteiger partial charge is 0.454 e. The van der Waals surface area contributed by atoms with E-state index in [1.165, 1.54) is 19.1 Å². The molecular formula is C17H13NO6. The van der Waals surface area contributed by atoms with E-state index >= 15 is 0 Å². The van der Waals surface area contributed by atoms with Crippen LogP contribution in [0.25, 0.3) is 6.08 Å². The van der Waals surface area contributed by atoms with Crippen LogP contribution < -0.4 is 14.2 Å². The summed E-state index contributed by atoms with van der Waals surface area (Å²) in [5.74, 6) is 0.688. The van der Waals surface area contributed by atoms with E-state index < -0.39 is 10.9 Å². The molecule has 0 aliphatic carbocycles. The Hall–Kier alpha value is -3.35. The van der Waals surface area contributed by atoms with Crippen molar-refractivity contribution in [3.63, 3.8) is 0 Å². The smallest absolute Gasteiger partial charge is 0.343 e. The van der Waals surface area contributed by atoms with Crippen LogP contribution in [0.2, 0.25) is 0 Å². The maximum atomic E-state index is 12.3. The number of hydrogen-bond donors (Lipinski definition) is 0. The summed E-state index contributed by atoms with van der Waals surface area (Å²) in [7, 11) is 0. The fourth-order valence-electron chi connectivity index (χ4n) is 2.15. The Balaban J connectivity index is 1.85. The fourth-order valence-corrected chi connectivity index (χ4v) is 2.15. The standard InChI is InChI=1S/C17H13NO6/c1-11(18(20)21)8-12-4-2-3-5-14(12)24-17(19)13-6-7-15-16(9-13)23-10-22-15/h2-9H,10H2,1H3. The number of carbonyl (C=O) groups excluding carboxylic acids is 1. The van der Waals surface area contributed by atoms with Gasteiger partial charge in [-0.3, -0.25) is 10.1 Å². The van der Waals surface area contributed by atoms with Gasteiger partial charge in [0.15, 0.2) is 11.5 Å². The van der Waals surface area contributed by atoms with Crippen molar-refractivity contribution in [2.75, 3.05) is 6.79 Å². The Morgan fingerprint density at radius 2 is 1.96 bits per heavy atom. The van der Waals surface area contributed by atoms with E-state index in [1.54, 1.807) is 36.4 Å². The van der Waals surface area contributed by atoms with Gasteiger partial charge in [-0.05, 0) is 24.3 Å². The van der Waals surface area contributed by atoms with E-state index in [-0.39, 0.29) is 18.2 Å². The lowest BCUT2D eigenvalue weighted by Gasteiger charge is -2.08. The van der Waals surface area contributed by atoms with Gasteiger partial charge >= 0.3 is 5.97 Å². The van der Waals surface area contributed by atoms with E-state index in [1.807, 2.05) is 0 Å².